The average Bonchev–Trinajstić information content (AvgIpc) is 3.52. The van der Waals surface area contributed by atoms with Crippen LogP contribution in [0.3, 0.4) is 0 Å². The van der Waals surface area contributed by atoms with Gasteiger partial charge in [-0.25, -0.2) is 14.3 Å². The summed E-state index contributed by atoms with van der Waals surface area (Å²) in [6.07, 6.45) is 9.33. The number of ether oxygens (including phenoxy) is 3. The van der Waals surface area contributed by atoms with E-state index in [1.54, 1.807) is 12.4 Å². The second-order valence-electron chi connectivity index (χ2n) is 11.8. The van der Waals surface area contributed by atoms with Crippen molar-refractivity contribution in [3.05, 3.63) is 42.5 Å². The second kappa shape index (κ2) is 13.3. The van der Waals surface area contributed by atoms with E-state index in [0.29, 0.717) is 6.79 Å². The number of benzene rings is 1. The van der Waals surface area contributed by atoms with Gasteiger partial charge in [0.1, 0.15) is 18.5 Å². The molecule has 2 aromatic rings. The number of carbonyl (C=O) groups is 1. The molecule has 0 spiro atoms. The van der Waals surface area contributed by atoms with Crippen LogP contribution >= 0.6 is 0 Å². The third-order valence-corrected chi connectivity index (χ3v) is 9.45. The number of aromatic nitrogens is 2. The van der Waals surface area contributed by atoms with Crippen molar-refractivity contribution in [1.82, 2.24) is 9.55 Å². The molecule has 207 valence electrons. The second-order valence-corrected chi connectivity index (χ2v) is 15.7. The van der Waals surface area contributed by atoms with Crippen LogP contribution in [0.5, 0.6) is 11.5 Å². The van der Waals surface area contributed by atoms with E-state index in [-0.39, 0.29) is 10.1 Å². The van der Waals surface area contributed by atoms with Crippen LogP contribution in [0.4, 0.5) is 4.79 Å². The van der Waals surface area contributed by atoms with Gasteiger partial charge in [0.15, 0.2) is 11.5 Å². The molecule has 1 aliphatic heterocycles. The number of imidazole rings is 1. The fourth-order valence-electron chi connectivity index (χ4n) is 4.66. The maximum atomic E-state index is 12.5. The van der Waals surface area contributed by atoms with E-state index in [2.05, 4.69) is 70.5 Å². The van der Waals surface area contributed by atoms with Crippen molar-refractivity contribution in [2.75, 3.05) is 6.79 Å². The fraction of sp³-hybridized carbons (Fsp3) is 0.600. The normalized spacial score (nSPS) is 14.6. The first kappa shape index (κ1) is 29.8. The van der Waals surface area contributed by atoms with Crippen molar-refractivity contribution in [2.24, 2.45) is 0 Å². The number of hydrogen-bond acceptors (Lipinski definition) is 6. The van der Waals surface area contributed by atoms with Gasteiger partial charge in [-0.2, -0.15) is 0 Å². The highest BCUT2D eigenvalue weighted by atomic mass is 28.3. The van der Waals surface area contributed by atoms with Crippen LogP contribution in [0.2, 0.25) is 10.1 Å². The number of aryl methyl sites for hydroxylation is 1. The van der Waals surface area contributed by atoms with Crippen LogP contribution in [0.15, 0.2) is 36.9 Å². The Morgan fingerprint density at radius 1 is 1.08 bits per heavy atom. The van der Waals surface area contributed by atoms with Crippen LogP contribution in [0.25, 0.3) is 0 Å². The van der Waals surface area contributed by atoms with Gasteiger partial charge >= 0.3 is 6.09 Å². The van der Waals surface area contributed by atoms with Crippen LogP contribution in [0, 0.1) is 11.8 Å². The van der Waals surface area contributed by atoms with E-state index >= 15 is 0 Å². The standard InChI is InChI=1S/C30H43N2O5Si/c1-23(36-28(33)32-19-18-31-21-32)25(37-38(29(2,3)4)30(5,6)7)15-13-11-9-8-10-12-14-24-16-17-26-27(20-24)35-22-34-26/h16-21,23,25H,8-12,14,22H2,1-7H3/t23-,25+/m0/s1. The predicted octanol–water partition coefficient (Wildman–Crippen LogP) is 7.16. The van der Waals surface area contributed by atoms with Crippen molar-refractivity contribution in [2.45, 2.75) is 109 Å². The number of fused-ring (bicyclic) bond motifs is 1. The SMILES string of the molecule is C[C@H](OC(=O)n1ccnc1)[C@@H](C#CCCCCCCc1ccc2c(c1)OCO2)O[Si](C(C)(C)C)C(C)(C)C. The van der Waals surface area contributed by atoms with Gasteiger partial charge in [-0.1, -0.05) is 66.4 Å². The number of carbonyl (C=O) groups excluding carboxylic acids is 1. The van der Waals surface area contributed by atoms with Gasteiger partial charge < -0.3 is 18.6 Å². The van der Waals surface area contributed by atoms with E-state index in [9.17, 15) is 4.79 Å². The zero-order chi connectivity index (χ0) is 27.8. The lowest BCUT2D eigenvalue weighted by molar-refractivity contribution is 0.0462. The molecule has 0 aliphatic carbocycles. The maximum absolute atomic E-state index is 12.5. The van der Waals surface area contributed by atoms with Crippen molar-refractivity contribution < 1.29 is 23.4 Å². The number of unbranched alkanes of at least 4 members (excludes halogenated alkanes) is 4. The van der Waals surface area contributed by atoms with Crippen LogP contribution < -0.4 is 9.47 Å². The smallest absolute Gasteiger partial charge is 0.419 e. The molecule has 38 heavy (non-hydrogen) atoms. The topological polar surface area (TPSA) is 71.8 Å². The Morgan fingerprint density at radius 2 is 1.79 bits per heavy atom. The molecule has 0 saturated carbocycles. The zero-order valence-corrected chi connectivity index (χ0v) is 25.0. The van der Waals surface area contributed by atoms with Crippen molar-refractivity contribution in [3.8, 4) is 23.3 Å². The zero-order valence-electron chi connectivity index (χ0n) is 24.0. The molecule has 0 amide bonds. The molecule has 0 N–H and O–H groups in total. The molecular weight excluding hydrogens is 496 g/mol. The summed E-state index contributed by atoms with van der Waals surface area (Å²) in [7, 11) is -1.32. The van der Waals surface area contributed by atoms with E-state index < -0.39 is 27.3 Å². The highest BCUT2D eigenvalue weighted by Gasteiger charge is 2.42. The van der Waals surface area contributed by atoms with Crippen molar-refractivity contribution >= 4 is 15.1 Å². The summed E-state index contributed by atoms with van der Waals surface area (Å²) in [6, 6.07) is 6.19. The minimum atomic E-state index is -1.32. The van der Waals surface area contributed by atoms with E-state index in [1.807, 2.05) is 13.0 Å². The largest absolute Gasteiger partial charge is 0.454 e. The molecule has 1 aliphatic rings. The summed E-state index contributed by atoms with van der Waals surface area (Å²) in [6.45, 7) is 15.4. The molecule has 0 fully saturated rings. The lowest BCUT2D eigenvalue weighted by atomic mass is 10.0. The van der Waals surface area contributed by atoms with Gasteiger partial charge in [0, 0.05) is 18.8 Å². The lowest BCUT2D eigenvalue weighted by Crippen LogP contribution is -2.44. The molecule has 0 bridgehead atoms. The molecule has 1 radical (unpaired) electrons. The predicted molar refractivity (Wildman–Crippen MR) is 151 cm³/mol. The molecule has 8 heteroatoms. The molecule has 2 atom stereocenters. The van der Waals surface area contributed by atoms with E-state index in [1.165, 1.54) is 16.5 Å². The maximum Gasteiger partial charge on any atom is 0.419 e. The van der Waals surface area contributed by atoms with Crippen molar-refractivity contribution in [3.63, 3.8) is 0 Å². The monoisotopic (exact) mass is 539 g/mol. The van der Waals surface area contributed by atoms with Crippen LogP contribution in [-0.2, 0) is 15.6 Å². The highest BCUT2D eigenvalue weighted by molar-refractivity contribution is 6.58. The fourth-order valence-corrected chi connectivity index (χ4v) is 8.12. The Kier molecular flexibility index (Phi) is 10.5. The summed E-state index contributed by atoms with van der Waals surface area (Å²) in [5.74, 6) is 8.31. The lowest BCUT2D eigenvalue weighted by Gasteiger charge is -2.39. The van der Waals surface area contributed by atoms with Gasteiger partial charge in [-0.15, -0.1) is 5.92 Å². The van der Waals surface area contributed by atoms with Crippen molar-refractivity contribution in [1.29, 1.82) is 0 Å². The molecule has 0 unspecified atom stereocenters. The number of hydrogen-bond donors (Lipinski definition) is 0. The van der Waals surface area contributed by atoms with E-state index in [0.717, 1.165) is 50.0 Å². The summed E-state index contributed by atoms with van der Waals surface area (Å²) in [5, 5.41) is -0.0101. The minimum Gasteiger partial charge on any atom is -0.454 e. The molecule has 1 aromatic heterocycles. The third kappa shape index (κ3) is 8.92. The molecular formula is C30H43N2O5Si. The van der Waals surface area contributed by atoms with Gasteiger partial charge in [0.2, 0.25) is 15.8 Å². The summed E-state index contributed by atoms with van der Waals surface area (Å²) < 4.78 is 24.6. The Hall–Kier alpha value is -2.76. The third-order valence-electron chi connectivity index (χ3n) is 6.23. The van der Waals surface area contributed by atoms with Gasteiger partial charge in [-0.05, 0) is 54.0 Å². The first-order valence-electron chi connectivity index (χ1n) is 13.6. The number of nitrogens with zero attached hydrogens (tertiary/aromatic N) is 2. The Morgan fingerprint density at radius 3 is 2.47 bits per heavy atom. The average molecular weight is 540 g/mol. The summed E-state index contributed by atoms with van der Waals surface area (Å²) in [5.41, 5.74) is 1.28. The van der Waals surface area contributed by atoms with Gasteiger partial charge in [-0.3, -0.25) is 0 Å². The minimum absolute atomic E-state index is 0.00506. The molecule has 1 aromatic carbocycles. The quantitative estimate of drug-likeness (QED) is 0.181. The Labute approximate surface area is 230 Å². The Bertz CT molecular complexity index is 1080. The molecule has 2 heterocycles. The van der Waals surface area contributed by atoms with Gasteiger partial charge in [0.25, 0.3) is 0 Å². The van der Waals surface area contributed by atoms with E-state index in [4.69, 9.17) is 18.6 Å². The molecule has 0 saturated heterocycles. The van der Waals surface area contributed by atoms with Crippen LogP contribution in [-0.4, -0.2) is 43.7 Å². The number of rotatable bonds is 10. The molecule has 3 rings (SSSR count). The summed E-state index contributed by atoms with van der Waals surface area (Å²) >= 11 is 0. The summed E-state index contributed by atoms with van der Waals surface area (Å²) in [4.78, 5) is 16.5. The Balaban J connectivity index is 1.52. The van der Waals surface area contributed by atoms with Gasteiger partial charge in [0.05, 0.1) is 0 Å². The molecule has 7 nitrogen and oxygen atoms in total. The van der Waals surface area contributed by atoms with Crippen LogP contribution in [0.1, 0.15) is 86.1 Å². The first-order valence-corrected chi connectivity index (χ1v) is 15.0. The first-order chi connectivity index (χ1) is 17.9. The highest BCUT2D eigenvalue weighted by Crippen LogP contribution is 2.43.